The first kappa shape index (κ1) is 22.7. The molecule has 0 rings (SSSR count). The van der Waals surface area contributed by atoms with Gasteiger partial charge >= 0.3 is 0 Å². The molecule has 6 heteroatoms. The lowest BCUT2D eigenvalue weighted by Crippen LogP contribution is -2.42. The molecule has 0 spiro atoms. The summed E-state index contributed by atoms with van der Waals surface area (Å²) in [5.74, 6) is 0.240. The van der Waals surface area contributed by atoms with Crippen LogP contribution in [0.4, 0.5) is 0 Å². The Morgan fingerprint density at radius 3 is 2.24 bits per heavy atom. The molecule has 0 aliphatic carbocycles. The van der Waals surface area contributed by atoms with Crippen molar-refractivity contribution in [3.63, 3.8) is 0 Å². The number of nitrogens with zero attached hydrogens (tertiary/aromatic N) is 1. The van der Waals surface area contributed by atoms with Crippen LogP contribution < -0.4 is 16.4 Å². The van der Waals surface area contributed by atoms with Crippen molar-refractivity contribution < 1.29 is 4.79 Å². The molecule has 0 heterocycles. The molecule has 0 aliphatic rings. The monoisotopic (exact) mass is 412 g/mol. The number of halogens is 1. The Balaban J connectivity index is 0. The van der Waals surface area contributed by atoms with Gasteiger partial charge in [-0.05, 0) is 27.2 Å². The quantitative estimate of drug-likeness (QED) is 0.236. The maximum Gasteiger partial charge on any atom is 0.242 e. The van der Waals surface area contributed by atoms with Crippen molar-refractivity contribution >= 4 is 35.8 Å². The Kier molecular flexibility index (Phi) is 14.2. The number of guanidine groups is 1. The van der Waals surface area contributed by atoms with Crippen molar-refractivity contribution in [2.24, 2.45) is 10.7 Å². The Hall–Kier alpha value is -0.530. The summed E-state index contributed by atoms with van der Waals surface area (Å²) in [5.41, 5.74) is 5.48. The van der Waals surface area contributed by atoms with Crippen LogP contribution in [0.1, 0.15) is 66.2 Å². The second kappa shape index (κ2) is 13.2. The topological polar surface area (TPSA) is 79.5 Å². The third-order valence-corrected chi connectivity index (χ3v) is 2.74. The third kappa shape index (κ3) is 17.4. The molecule has 0 aliphatic heterocycles. The van der Waals surface area contributed by atoms with E-state index in [0.29, 0.717) is 5.96 Å². The lowest BCUT2D eigenvalue weighted by Gasteiger charge is -2.19. The van der Waals surface area contributed by atoms with E-state index in [1.54, 1.807) is 0 Å². The molecule has 21 heavy (non-hydrogen) atoms. The molecule has 4 N–H and O–H groups in total. The van der Waals surface area contributed by atoms with Gasteiger partial charge in [0.15, 0.2) is 5.96 Å². The Labute approximate surface area is 146 Å². The molecule has 0 fully saturated rings. The number of amides is 1. The molecule has 0 radical (unpaired) electrons. The highest BCUT2D eigenvalue weighted by Gasteiger charge is 2.12. The summed E-state index contributed by atoms with van der Waals surface area (Å²) in [6.07, 6.45) is 7.49. The van der Waals surface area contributed by atoms with Gasteiger partial charge < -0.3 is 16.4 Å². The minimum Gasteiger partial charge on any atom is -0.370 e. The highest BCUT2D eigenvalue weighted by molar-refractivity contribution is 14.0. The molecule has 0 saturated heterocycles. The Morgan fingerprint density at radius 1 is 1.10 bits per heavy atom. The second-order valence-corrected chi connectivity index (χ2v) is 6.19. The highest BCUT2D eigenvalue weighted by Crippen LogP contribution is 2.03. The number of hydrogen-bond acceptors (Lipinski definition) is 2. The fourth-order valence-corrected chi connectivity index (χ4v) is 1.79. The van der Waals surface area contributed by atoms with Gasteiger partial charge in [-0.15, -0.1) is 24.0 Å². The molecule has 0 unspecified atom stereocenters. The van der Waals surface area contributed by atoms with Crippen LogP contribution in [0.25, 0.3) is 0 Å². The largest absolute Gasteiger partial charge is 0.370 e. The molecule has 0 bridgehead atoms. The SMILES string of the molecule is CCCCCCCCNC(N)=NCC(=O)NC(C)(C)C.I. The van der Waals surface area contributed by atoms with E-state index in [9.17, 15) is 4.79 Å². The van der Waals surface area contributed by atoms with E-state index in [-0.39, 0.29) is 42.0 Å². The number of hydrogen-bond donors (Lipinski definition) is 3. The molecular formula is C15H33IN4O. The van der Waals surface area contributed by atoms with E-state index in [2.05, 4.69) is 22.5 Å². The van der Waals surface area contributed by atoms with Gasteiger partial charge in [-0.2, -0.15) is 0 Å². The maximum absolute atomic E-state index is 11.5. The zero-order valence-electron chi connectivity index (χ0n) is 14.0. The van der Waals surface area contributed by atoms with Crippen molar-refractivity contribution in [3.8, 4) is 0 Å². The normalized spacial score (nSPS) is 11.7. The van der Waals surface area contributed by atoms with Crippen LogP contribution in [0, 0.1) is 0 Å². The number of unbranched alkanes of at least 4 members (excludes halogenated alkanes) is 5. The summed E-state index contributed by atoms with van der Waals surface area (Å²) in [6.45, 7) is 8.93. The number of nitrogens with two attached hydrogens (primary N) is 1. The third-order valence-electron chi connectivity index (χ3n) is 2.74. The van der Waals surface area contributed by atoms with Gasteiger partial charge in [-0.3, -0.25) is 4.79 Å². The van der Waals surface area contributed by atoms with Crippen LogP contribution in [0.15, 0.2) is 4.99 Å². The zero-order valence-corrected chi connectivity index (χ0v) is 16.3. The standard InChI is InChI=1S/C15H32N4O.HI/c1-5-6-7-8-9-10-11-17-14(16)18-12-13(20)19-15(2,3)4;/h5-12H2,1-4H3,(H,19,20)(H3,16,17,18);1H. The summed E-state index contributed by atoms with van der Waals surface area (Å²) in [6, 6.07) is 0. The van der Waals surface area contributed by atoms with Gasteiger partial charge in [0.1, 0.15) is 6.54 Å². The van der Waals surface area contributed by atoms with E-state index >= 15 is 0 Å². The second-order valence-electron chi connectivity index (χ2n) is 6.19. The van der Waals surface area contributed by atoms with Gasteiger partial charge in [0.25, 0.3) is 0 Å². The summed E-state index contributed by atoms with van der Waals surface area (Å²) in [7, 11) is 0. The summed E-state index contributed by atoms with van der Waals surface area (Å²) in [4.78, 5) is 15.6. The van der Waals surface area contributed by atoms with Crippen molar-refractivity contribution in [3.05, 3.63) is 0 Å². The summed E-state index contributed by atoms with van der Waals surface area (Å²) in [5, 5.41) is 5.88. The van der Waals surface area contributed by atoms with Gasteiger partial charge in [-0.1, -0.05) is 39.0 Å². The fraction of sp³-hybridized carbons (Fsp3) is 0.867. The summed E-state index contributed by atoms with van der Waals surface area (Å²) < 4.78 is 0. The lowest BCUT2D eigenvalue weighted by molar-refractivity contribution is -0.121. The minimum atomic E-state index is -0.229. The van der Waals surface area contributed by atoms with Crippen LogP contribution in [-0.2, 0) is 4.79 Å². The first-order valence-electron chi connectivity index (χ1n) is 7.70. The molecule has 0 aromatic rings. The fourth-order valence-electron chi connectivity index (χ4n) is 1.79. The molecule has 0 saturated carbocycles. The number of carbonyl (C=O) groups excluding carboxylic acids is 1. The lowest BCUT2D eigenvalue weighted by atomic mass is 10.1. The molecule has 0 atom stereocenters. The molecule has 5 nitrogen and oxygen atoms in total. The van der Waals surface area contributed by atoms with E-state index in [4.69, 9.17) is 5.73 Å². The zero-order chi connectivity index (χ0) is 15.4. The van der Waals surface area contributed by atoms with Crippen LogP contribution in [0.3, 0.4) is 0 Å². The van der Waals surface area contributed by atoms with E-state index < -0.39 is 0 Å². The first-order valence-corrected chi connectivity index (χ1v) is 7.70. The van der Waals surface area contributed by atoms with E-state index in [1.165, 1.54) is 32.1 Å². The molecule has 0 aromatic heterocycles. The Bertz CT molecular complexity index is 301. The number of rotatable bonds is 9. The van der Waals surface area contributed by atoms with E-state index in [0.717, 1.165) is 13.0 Å². The maximum atomic E-state index is 11.5. The summed E-state index contributed by atoms with van der Waals surface area (Å²) >= 11 is 0. The van der Waals surface area contributed by atoms with Gasteiger partial charge in [0, 0.05) is 12.1 Å². The van der Waals surface area contributed by atoms with Crippen molar-refractivity contribution in [1.29, 1.82) is 0 Å². The molecule has 126 valence electrons. The smallest absolute Gasteiger partial charge is 0.242 e. The van der Waals surface area contributed by atoms with Gasteiger partial charge in [0.2, 0.25) is 5.91 Å². The number of nitrogens with one attached hydrogen (secondary N) is 2. The average Bonchev–Trinajstić information content (AvgIpc) is 2.33. The Morgan fingerprint density at radius 2 is 1.67 bits per heavy atom. The molecule has 0 aromatic carbocycles. The van der Waals surface area contributed by atoms with Crippen molar-refractivity contribution in [2.45, 2.75) is 71.8 Å². The molecule has 1 amide bonds. The van der Waals surface area contributed by atoms with Crippen LogP contribution in [0.5, 0.6) is 0 Å². The van der Waals surface area contributed by atoms with Crippen LogP contribution in [0.2, 0.25) is 0 Å². The predicted octanol–water partition coefficient (Wildman–Crippen LogP) is 2.78. The van der Waals surface area contributed by atoms with Crippen LogP contribution in [-0.4, -0.2) is 30.5 Å². The van der Waals surface area contributed by atoms with E-state index in [1.807, 2.05) is 20.8 Å². The molecular weight excluding hydrogens is 379 g/mol. The van der Waals surface area contributed by atoms with Crippen molar-refractivity contribution in [2.75, 3.05) is 13.1 Å². The minimum absolute atomic E-state index is 0. The number of carbonyl (C=O) groups is 1. The van der Waals surface area contributed by atoms with Gasteiger partial charge in [-0.25, -0.2) is 4.99 Å². The average molecular weight is 412 g/mol. The highest BCUT2D eigenvalue weighted by atomic mass is 127. The van der Waals surface area contributed by atoms with Crippen molar-refractivity contribution in [1.82, 2.24) is 10.6 Å². The van der Waals surface area contributed by atoms with Crippen LogP contribution >= 0.6 is 24.0 Å². The predicted molar refractivity (Wildman–Crippen MR) is 101 cm³/mol. The number of aliphatic imine (C=N–C) groups is 1. The first-order chi connectivity index (χ1) is 9.35. The van der Waals surface area contributed by atoms with Gasteiger partial charge in [0.05, 0.1) is 0 Å².